The summed E-state index contributed by atoms with van der Waals surface area (Å²) in [5.74, 6) is 0.941. The molecule has 0 radical (unpaired) electrons. The topological polar surface area (TPSA) is 94.3 Å². The van der Waals surface area contributed by atoms with Gasteiger partial charge in [0.15, 0.2) is 11.5 Å². The molecule has 0 amide bonds. The minimum atomic E-state index is -3.64. The fourth-order valence-corrected chi connectivity index (χ4v) is 1.83. The van der Waals surface area contributed by atoms with Crippen LogP contribution in [0.4, 0.5) is 32.1 Å². The lowest BCUT2D eigenvalue weighted by Gasteiger charge is -2.08. The van der Waals surface area contributed by atoms with Gasteiger partial charge in [-0.05, 0) is 12.1 Å². The SMILES string of the molecule is CNc1cc(Nc2ccc3c(c2)OC(F)(F)O3)nc(N)n1. The number of nitrogens with two attached hydrogens (primary N) is 1. The van der Waals surface area contributed by atoms with E-state index in [-0.39, 0.29) is 17.4 Å². The van der Waals surface area contributed by atoms with E-state index in [0.717, 1.165) is 0 Å². The molecular weight excluding hydrogens is 284 g/mol. The molecule has 0 unspecified atom stereocenters. The van der Waals surface area contributed by atoms with Crippen LogP contribution in [0, 0.1) is 0 Å². The molecule has 1 aliphatic rings. The number of alkyl halides is 2. The molecular formula is C12H11F2N5O2. The van der Waals surface area contributed by atoms with Crippen LogP contribution < -0.4 is 25.8 Å². The minimum absolute atomic E-state index is 0.0244. The fourth-order valence-electron chi connectivity index (χ4n) is 1.83. The Morgan fingerprint density at radius 2 is 1.81 bits per heavy atom. The number of hydrogen-bond donors (Lipinski definition) is 3. The fraction of sp³-hybridized carbons (Fsp3) is 0.167. The summed E-state index contributed by atoms with van der Waals surface area (Å²) in [4.78, 5) is 7.94. The lowest BCUT2D eigenvalue weighted by molar-refractivity contribution is -0.286. The van der Waals surface area contributed by atoms with Crippen LogP contribution in [0.3, 0.4) is 0 Å². The summed E-state index contributed by atoms with van der Waals surface area (Å²) in [5, 5.41) is 5.76. The number of nitrogen functional groups attached to an aromatic ring is 1. The van der Waals surface area contributed by atoms with Crippen LogP contribution in [-0.4, -0.2) is 23.3 Å². The molecule has 1 aromatic heterocycles. The van der Waals surface area contributed by atoms with Crippen molar-refractivity contribution >= 4 is 23.3 Å². The zero-order valence-corrected chi connectivity index (χ0v) is 10.9. The smallest absolute Gasteiger partial charge is 0.395 e. The van der Waals surface area contributed by atoms with Gasteiger partial charge in [0.2, 0.25) is 5.95 Å². The Morgan fingerprint density at radius 1 is 1.10 bits per heavy atom. The molecule has 110 valence electrons. The largest absolute Gasteiger partial charge is 0.586 e. The molecule has 2 heterocycles. The number of rotatable bonds is 3. The number of aromatic nitrogens is 2. The van der Waals surface area contributed by atoms with Crippen molar-refractivity contribution in [1.82, 2.24) is 9.97 Å². The summed E-state index contributed by atoms with van der Waals surface area (Å²) < 4.78 is 34.6. The van der Waals surface area contributed by atoms with E-state index in [4.69, 9.17) is 5.73 Å². The molecule has 9 heteroatoms. The van der Waals surface area contributed by atoms with Crippen LogP contribution in [-0.2, 0) is 0 Å². The molecule has 21 heavy (non-hydrogen) atoms. The summed E-state index contributed by atoms with van der Waals surface area (Å²) in [6, 6.07) is 5.94. The first-order valence-electron chi connectivity index (χ1n) is 5.94. The molecule has 7 nitrogen and oxygen atoms in total. The van der Waals surface area contributed by atoms with Gasteiger partial charge in [-0.3, -0.25) is 0 Å². The summed E-state index contributed by atoms with van der Waals surface area (Å²) >= 11 is 0. The third-order valence-corrected chi connectivity index (χ3v) is 2.67. The van der Waals surface area contributed by atoms with Gasteiger partial charge in [-0.25, -0.2) is 0 Å². The Kier molecular flexibility index (Phi) is 2.89. The van der Waals surface area contributed by atoms with Crippen molar-refractivity contribution in [2.45, 2.75) is 6.29 Å². The van der Waals surface area contributed by atoms with E-state index in [1.165, 1.54) is 12.1 Å². The average molecular weight is 295 g/mol. The van der Waals surface area contributed by atoms with Gasteiger partial charge < -0.3 is 25.8 Å². The summed E-state index contributed by atoms with van der Waals surface area (Å²) in [5.41, 5.74) is 6.06. The molecule has 4 N–H and O–H groups in total. The summed E-state index contributed by atoms with van der Waals surface area (Å²) in [6.45, 7) is 0. The Labute approximate surface area is 118 Å². The van der Waals surface area contributed by atoms with E-state index in [2.05, 4.69) is 30.1 Å². The predicted molar refractivity (Wildman–Crippen MR) is 71.9 cm³/mol. The molecule has 3 rings (SSSR count). The number of nitrogens with zero attached hydrogens (tertiary/aromatic N) is 2. The van der Waals surface area contributed by atoms with Crippen LogP contribution in [0.5, 0.6) is 11.5 Å². The second-order valence-electron chi connectivity index (χ2n) is 4.20. The predicted octanol–water partition coefficient (Wildman–Crippen LogP) is 2.17. The number of ether oxygens (including phenoxy) is 2. The first kappa shape index (κ1) is 13.2. The minimum Gasteiger partial charge on any atom is -0.395 e. The Hall–Kier alpha value is -2.84. The average Bonchev–Trinajstić information content (AvgIpc) is 2.71. The van der Waals surface area contributed by atoms with E-state index < -0.39 is 6.29 Å². The zero-order valence-electron chi connectivity index (χ0n) is 10.9. The van der Waals surface area contributed by atoms with Crippen LogP contribution >= 0.6 is 0 Å². The Balaban J connectivity index is 1.85. The molecule has 0 bridgehead atoms. The number of benzene rings is 1. The van der Waals surface area contributed by atoms with Gasteiger partial charge in [0.1, 0.15) is 11.6 Å². The number of halogens is 2. The van der Waals surface area contributed by atoms with E-state index in [1.807, 2.05) is 0 Å². The van der Waals surface area contributed by atoms with Crippen molar-refractivity contribution in [3.05, 3.63) is 24.3 Å². The van der Waals surface area contributed by atoms with Gasteiger partial charge in [0.05, 0.1) is 0 Å². The summed E-state index contributed by atoms with van der Waals surface area (Å²) in [6.07, 6.45) is -3.64. The quantitative estimate of drug-likeness (QED) is 0.798. The normalized spacial score (nSPS) is 14.8. The highest BCUT2D eigenvalue weighted by atomic mass is 19.3. The van der Waals surface area contributed by atoms with Crippen LogP contribution in [0.25, 0.3) is 0 Å². The van der Waals surface area contributed by atoms with Gasteiger partial charge >= 0.3 is 6.29 Å². The summed E-state index contributed by atoms with van der Waals surface area (Å²) in [7, 11) is 1.69. The Bertz CT molecular complexity index is 695. The van der Waals surface area contributed by atoms with Crippen molar-refractivity contribution in [2.24, 2.45) is 0 Å². The van der Waals surface area contributed by atoms with Gasteiger partial charge in [-0.2, -0.15) is 9.97 Å². The molecule has 0 aliphatic carbocycles. The lowest BCUT2D eigenvalue weighted by Crippen LogP contribution is -2.25. The van der Waals surface area contributed by atoms with Crippen LogP contribution in [0.2, 0.25) is 0 Å². The number of nitrogens with one attached hydrogen (secondary N) is 2. The maximum Gasteiger partial charge on any atom is 0.586 e. The second kappa shape index (κ2) is 4.62. The van der Waals surface area contributed by atoms with Gasteiger partial charge in [-0.15, -0.1) is 8.78 Å². The molecule has 1 aromatic carbocycles. The second-order valence-corrected chi connectivity index (χ2v) is 4.20. The first-order chi connectivity index (χ1) is 9.95. The molecule has 0 fully saturated rings. The molecule has 0 saturated heterocycles. The molecule has 2 aromatic rings. The molecule has 0 spiro atoms. The highest BCUT2D eigenvalue weighted by Gasteiger charge is 2.43. The molecule has 1 aliphatic heterocycles. The van der Waals surface area contributed by atoms with Gasteiger partial charge in [-0.1, -0.05) is 0 Å². The number of fused-ring (bicyclic) bond motifs is 1. The van der Waals surface area contributed by atoms with Crippen molar-refractivity contribution in [3.8, 4) is 11.5 Å². The monoisotopic (exact) mass is 295 g/mol. The molecule has 0 atom stereocenters. The van der Waals surface area contributed by atoms with E-state index in [1.54, 1.807) is 19.2 Å². The highest BCUT2D eigenvalue weighted by Crippen LogP contribution is 2.42. The van der Waals surface area contributed by atoms with Crippen LogP contribution in [0.1, 0.15) is 0 Å². The van der Waals surface area contributed by atoms with E-state index in [0.29, 0.717) is 17.3 Å². The van der Waals surface area contributed by atoms with Crippen molar-refractivity contribution < 1.29 is 18.3 Å². The van der Waals surface area contributed by atoms with E-state index in [9.17, 15) is 8.78 Å². The third-order valence-electron chi connectivity index (χ3n) is 2.67. The Morgan fingerprint density at radius 3 is 2.57 bits per heavy atom. The van der Waals surface area contributed by atoms with Crippen LogP contribution in [0.15, 0.2) is 24.3 Å². The van der Waals surface area contributed by atoms with Crippen molar-refractivity contribution in [3.63, 3.8) is 0 Å². The third kappa shape index (κ3) is 2.71. The van der Waals surface area contributed by atoms with Gasteiger partial charge in [0, 0.05) is 24.9 Å². The number of hydrogen-bond acceptors (Lipinski definition) is 7. The zero-order chi connectivity index (χ0) is 15.0. The first-order valence-corrected chi connectivity index (χ1v) is 5.94. The van der Waals surface area contributed by atoms with Crippen molar-refractivity contribution in [2.75, 3.05) is 23.4 Å². The molecule has 0 saturated carbocycles. The number of anilines is 4. The van der Waals surface area contributed by atoms with E-state index >= 15 is 0 Å². The standard InChI is InChI=1S/C12H11F2N5O2/c1-16-9-5-10(19-11(15)18-9)17-6-2-3-7-8(4-6)21-12(13,14)20-7/h2-5H,1H3,(H4,15,16,17,18,19). The maximum absolute atomic E-state index is 12.9. The lowest BCUT2D eigenvalue weighted by atomic mass is 10.3. The van der Waals surface area contributed by atoms with Crippen molar-refractivity contribution in [1.29, 1.82) is 0 Å². The maximum atomic E-state index is 12.9. The van der Waals surface area contributed by atoms with Gasteiger partial charge in [0.25, 0.3) is 0 Å². The highest BCUT2D eigenvalue weighted by molar-refractivity contribution is 5.64.